The summed E-state index contributed by atoms with van der Waals surface area (Å²) in [6.07, 6.45) is 1.06. The number of benzene rings is 2. The topological polar surface area (TPSA) is 58.9 Å². The molecular weight excluding hydrogens is 392 g/mol. The summed E-state index contributed by atoms with van der Waals surface area (Å²) in [5.41, 5.74) is 1.44. The first-order chi connectivity index (χ1) is 14.8. The fourth-order valence-electron chi connectivity index (χ4n) is 4.38. The fraction of sp³-hybridized carbons (Fsp3) is 0.440. The van der Waals surface area contributed by atoms with Crippen LogP contribution in [0.15, 0.2) is 60.7 Å². The van der Waals surface area contributed by atoms with E-state index in [1.165, 1.54) is 0 Å². The Morgan fingerprint density at radius 2 is 1.58 bits per heavy atom. The van der Waals surface area contributed by atoms with Crippen LogP contribution >= 0.6 is 0 Å². The largest absolute Gasteiger partial charge is 0.445 e. The van der Waals surface area contributed by atoms with Gasteiger partial charge in [0.25, 0.3) is 0 Å². The number of carbonyl (C=O) groups excluding carboxylic acids is 2. The first-order valence-electron chi connectivity index (χ1n) is 10.9. The molecule has 2 fully saturated rings. The molecule has 2 aromatic rings. The molecule has 0 unspecified atom stereocenters. The summed E-state index contributed by atoms with van der Waals surface area (Å²) in [4.78, 5) is 29.3. The van der Waals surface area contributed by atoms with Crippen molar-refractivity contribution in [1.82, 2.24) is 9.80 Å². The van der Waals surface area contributed by atoms with Crippen molar-refractivity contribution in [2.24, 2.45) is 0 Å². The summed E-state index contributed by atoms with van der Waals surface area (Å²) in [5.74, 6) is 0. The van der Waals surface area contributed by atoms with Crippen molar-refractivity contribution in [1.29, 1.82) is 0 Å². The molecule has 4 rings (SSSR count). The van der Waals surface area contributed by atoms with Gasteiger partial charge in [0.2, 0.25) is 0 Å². The lowest BCUT2D eigenvalue weighted by molar-refractivity contribution is 0.0329. The second-order valence-corrected chi connectivity index (χ2v) is 9.24. The molecule has 2 amide bonds. The van der Waals surface area contributed by atoms with E-state index in [1.54, 1.807) is 9.80 Å². The number of nitrogens with zero attached hydrogens (tertiary/aromatic N) is 2. The van der Waals surface area contributed by atoms with E-state index >= 15 is 0 Å². The number of amides is 2. The van der Waals surface area contributed by atoms with E-state index < -0.39 is 5.60 Å². The molecule has 31 heavy (non-hydrogen) atoms. The maximum Gasteiger partial charge on any atom is 0.411 e. The zero-order valence-corrected chi connectivity index (χ0v) is 18.4. The molecular formula is C25H30N2O4. The van der Waals surface area contributed by atoms with Crippen LogP contribution in [-0.4, -0.2) is 45.7 Å². The average Bonchev–Trinajstić information content (AvgIpc) is 3.31. The van der Waals surface area contributed by atoms with Crippen LogP contribution in [0.4, 0.5) is 9.59 Å². The van der Waals surface area contributed by atoms with E-state index in [0.717, 1.165) is 24.0 Å². The Balaban J connectivity index is 1.48. The summed E-state index contributed by atoms with van der Waals surface area (Å²) in [6.45, 7) is 6.27. The van der Waals surface area contributed by atoms with Crippen molar-refractivity contribution < 1.29 is 19.1 Å². The number of rotatable bonds is 5. The number of hydrogen-bond donors (Lipinski definition) is 0. The minimum absolute atomic E-state index is 0.0113. The summed E-state index contributed by atoms with van der Waals surface area (Å²) in [6, 6.07) is 19.6. The van der Waals surface area contributed by atoms with E-state index in [1.807, 2.05) is 81.4 Å². The van der Waals surface area contributed by atoms with Gasteiger partial charge in [-0.25, -0.2) is 9.59 Å². The predicted molar refractivity (Wildman–Crippen MR) is 117 cm³/mol. The highest BCUT2D eigenvalue weighted by atomic mass is 16.6. The Morgan fingerprint density at radius 1 is 0.968 bits per heavy atom. The Bertz CT molecular complexity index is 910. The van der Waals surface area contributed by atoms with E-state index in [9.17, 15) is 9.59 Å². The Labute approximate surface area is 183 Å². The molecule has 1 saturated carbocycles. The van der Waals surface area contributed by atoms with Gasteiger partial charge in [-0.05, 0) is 44.7 Å². The van der Waals surface area contributed by atoms with Crippen LogP contribution in [0.25, 0.3) is 0 Å². The number of piperidine rings is 1. The molecule has 6 nitrogen and oxygen atoms in total. The number of fused-ring (bicyclic) bond motifs is 1. The first kappa shape index (κ1) is 21.2. The van der Waals surface area contributed by atoms with Gasteiger partial charge in [0.05, 0.1) is 18.1 Å². The zero-order chi connectivity index (χ0) is 22.0. The molecule has 2 aliphatic rings. The van der Waals surface area contributed by atoms with Gasteiger partial charge >= 0.3 is 12.2 Å². The van der Waals surface area contributed by atoms with Crippen LogP contribution in [0, 0.1) is 0 Å². The zero-order valence-electron chi connectivity index (χ0n) is 18.4. The van der Waals surface area contributed by atoms with Gasteiger partial charge in [0.1, 0.15) is 12.2 Å². The van der Waals surface area contributed by atoms with Crippen LogP contribution in [0.3, 0.4) is 0 Å². The molecule has 1 aliphatic heterocycles. The minimum Gasteiger partial charge on any atom is -0.445 e. The lowest BCUT2D eigenvalue weighted by Crippen LogP contribution is -2.44. The van der Waals surface area contributed by atoms with E-state index in [2.05, 4.69) is 0 Å². The number of hydrogen-bond acceptors (Lipinski definition) is 4. The first-order valence-corrected chi connectivity index (χ1v) is 10.9. The molecule has 1 saturated heterocycles. The van der Waals surface area contributed by atoms with Crippen molar-refractivity contribution in [3.8, 4) is 0 Å². The lowest BCUT2D eigenvalue weighted by Gasteiger charge is -2.30. The van der Waals surface area contributed by atoms with Gasteiger partial charge in [-0.15, -0.1) is 0 Å². The fourth-order valence-corrected chi connectivity index (χ4v) is 4.38. The van der Waals surface area contributed by atoms with Crippen LogP contribution in [0.1, 0.15) is 44.7 Å². The molecule has 1 heterocycles. The predicted octanol–water partition coefficient (Wildman–Crippen LogP) is 4.98. The van der Waals surface area contributed by atoms with Crippen molar-refractivity contribution in [2.75, 3.05) is 0 Å². The molecule has 0 N–H and O–H groups in total. The number of carbonyl (C=O) groups is 2. The van der Waals surface area contributed by atoms with Gasteiger partial charge < -0.3 is 9.47 Å². The number of ether oxygens (including phenoxy) is 2. The van der Waals surface area contributed by atoms with E-state index in [0.29, 0.717) is 6.54 Å². The summed E-state index contributed by atoms with van der Waals surface area (Å²) >= 11 is 0. The Kier molecular flexibility index (Phi) is 5.90. The summed E-state index contributed by atoms with van der Waals surface area (Å²) in [5, 5.41) is 0. The third-order valence-corrected chi connectivity index (χ3v) is 5.78. The van der Waals surface area contributed by atoms with Crippen LogP contribution in [0.2, 0.25) is 0 Å². The van der Waals surface area contributed by atoms with Gasteiger partial charge in [0, 0.05) is 6.54 Å². The second kappa shape index (κ2) is 8.61. The highest BCUT2D eigenvalue weighted by Crippen LogP contribution is 2.46. The third kappa shape index (κ3) is 5.01. The normalized spacial score (nSPS) is 21.9. The molecule has 3 atom stereocenters. The van der Waals surface area contributed by atoms with Crippen molar-refractivity contribution in [2.45, 2.75) is 70.5 Å². The second-order valence-electron chi connectivity index (χ2n) is 9.24. The molecule has 0 bridgehead atoms. The standard InChI is InChI=1S/C25H30N2O4/c1-25(2,3)31-24(29)27-21-15-14-20(22(21)27)26(16-18-10-6-4-7-11-18)23(28)30-17-19-12-8-5-9-13-19/h4-13,20-22H,14-17H2,1-3H3/t20-,21+,22-,27?/m0/s1. The van der Waals surface area contributed by atoms with Crippen LogP contribution in [0.5, 0.6) is 0 Å². The molecule has 2 aromatic carbocycles. The molecule has 0 aromatic heterocycles. The highest BCUT2D eigenvalue weighted by Gasteiger charge is 2.62. The molecule has 0 spiro atoms. The Morgan fingerprint density at radius 3 is 2.19 bits per heavy atom. The lowest BCUT2D eigenvalue weighted by atomic mass is 10.1. The summed E-state index contributed by atoms with van der Waals surface area (Å²) < 4.78 is 11.2. The molecule has 0 radical (unpaired) electrons. The van der Waals surface area contributed by atoms with Crippen molar-refractivity contribution >= 4 is 12.2 Å². The van der Waals surface area contributed by atoms with Gasteiger partial charge in [-0.2, -0.15) is 0 Å². The van der Waals surface area contributed by atoms with Gasteiger partial charge in [0.15, 0.2) is 0 Å². The maximum atomic E-state index is 13.1. The maximum absolute atomic E-state index is 13.1. The van der Waals surface area contributed by atoms with Gasteiger partial charge in [-0.1, -0.05) is 60.7 Å². The third-order valence-electron chi connectivity index (χ3n) is 5.78. The van der Waals surface area contributed by atoms with Crippen molar-refractivity contribution in [3.63, 3.8) is 0 Å². The molecule has 1 aliphatic carbocycles. The van der Waals surface area contributed by atoms with Crippen LogP contribution < -0.4 is 0 Å². The molecule has 6 heteroatoms. The number of likely N-dealkylation sites (tertiary alicyclic amines) is 1. The monoisotopic (exact) mass is 422 g/mol. The minimum atomic E-state index is -0.540. The highest BCUT2D eigenvalue weighted by molar-refractivity contribution is 5.74. The summed E-state index contributed by atoms with van der Waals surface area (Å²) in [7, 11) is 0. The SMILES string of the molecule is CC(C)(C)OC(=O)N1[C@@H]2[C@H]1CC[C@@H]2N(Cc1ccccc1)C(=O)OCc1ccccc1. The van der Waals surface area contributed by atoms with Crippen LogP contribution in [-0.2, 0) is 22.6 Å². The molecule has 164 valence electrons. The average molecular weight is 423 g/mol. The van der Waals surface area contributed by atoms with Gasteiger partial charge in [-0.3, -0.25) is 9.80 Å². The van der Waals surface area contributed by atoms with Crippen molar-refractivity contribution in [3.05, 3.63) is 71.8 Å². The van der Waals surface area contributed by atoms with E-state index in [4.69, 9.17) is 9.47 Å². The smallest absolute Gasteiger partial charge is 0.411 e. The Hall–Kier alpha value is -3.02. The quantitative estimate of drug-likeness (QED) is 0.638. The van der Waals surface area contributed by atoms with E-state index in [-0.39, 0.29) is 36.9 Å².